The van der Waals surface area contributed by atoms with Crippen molar-refractivity contribution < 1.29 is 18.7 Å². The zero-order valence-electron chi connectivity index (χ0n) is 11.9. The Morgan fingerprint density at radius 1 is 1.35 bits per heavy atom. The maximum absolute atomic E-state index is 14.1. The number of rotatable bonds is 3. The first-order chi connectivity index (χ1) is 9.56. The number of ether oxygens (including phenoxy) is 2. The molecular weight excluding hydrogens is 263 g/mol. The average Bonchev–Trinajstić information content (AvgIpc) is 2.46. The Morgan fingerprint density at radius 2 is 2.00 bits per heavy atom. The van der Waals surface area contributed by atoms with Gasteiger partial charge in [0.1, 0.15) is 5.82 Å². The topological polar surface area (TPSA) is 50.8 Å². The predicted octanol–water partition coefficient (Wildman–Crippen LogP) is 1.28. The summed E-state index contributed by atoms with van der Waals surface area (Å²) in [6, 6.07) is 2.77. The molecule has 0 radical (unpaired) electrons. The third kappa shape index (κ3) is 2.85. The summed E-state index contributed by atoms with van der Waals surface area (Å²) in [4.78, 5) is 14.0. The van der Waals surface area contributed by atoms with Crippen molar-refractivity contribution in [3.05, 3.63) is 23.5 Å². The lowest BCUT2D eigenvalue weighted by atomic mass is 10.1. The van der Waals surface area contributed by atoms with E-state index < -0.39 is 5.82 Å². The first-order valence-electron chi connectivity index (χ1n) is 6.51. The summed E-state index contributed by atoms with van der Waals surface area (Å²) in [6.45, 7) is 3.83. The summed E-state index contributed by atoms with van der Waals surface area (Å²) in [7, 11) is 2.88. The van der Waals surface area contributed by atoms with Crippen LogP contribution in [0.3, 0.4) is 0 Å². The van der Waals surface area contributed by atoms with Gasteiger partial charge in [-0.1, -0.05) is 0 Å². The van der Waals surface area contributed by atoms with Crippen molar-refractivity contribution in [3.8, 4) is 11.5 Å². The highest BCUT2D eigenvalue weighted by Crippen LogP contribution is 2.30. The summed E-state index contributed by atoms with van der Waals surface area (Å²) in [5.41, 5.74) is 0.0109. The quantitative estimate of drug-likeness (QED) is 0.907. The van der Waals surface area contributed by atoms with Crippen LogP contribution in [-0.4, -0.2) is 50.7 Å². The molecule has 1 saturated heterocycles. The molecule has 110 valence electrons. The molecule has 1 aliphatic rings. The Bertz CT molecular complexity index is 507. The van der Waals surface area contributed by atoms with Gasteiger partial charge in [-0.15, -0.1) is 0 Å². The third-order valence-electron chi connectivity index (χ3n) is 3.36. The van der Waals surface area contributed by atoms with Gasteiger partial charge in [0.15, 0.2) is 11.5 Å². The molecule has 1 N–H and O–H groups in total. The maximum Gasteiger partial charge on any atom is 0.257 e. The largest absolute Gasteiger partial charge is 0.493 e. The molecule has 0 bridgehead atoms. The summed E-state index contributed by atoms with van der Waals surface area (Å²) >= 11 is 0. The molecule has 1 unspecified atom stereocenters. The maximum atomic E-state index is 14.1. The van der Waals surface area contributed by atoms with Gasteiger partial charge >= 0.3 is 0 Å². The van der Waals surface area contributed by atoms with E-state index in [-0.39, 0.29) is 23.3 Å². The first kappa shape index (κ1) is 14.6. The van der Waals surface area contributed by atoms with Gasteiger partial charge in [0.25, 0.3) is 5.91 Å². The van der Waals surface area contributed by atoms with E-state index in [1.54, 1.807) is 4.90 Å². The van der Waals surface area contributed by atoms with Gasteiger partial charge in [-0.05, 0) is 13.0 Å². The van der Waals surface area contributed by atoms with E-state index >= 15 is 0 Å². The number of nitrogens with one attached hydrogen (secondary N) is 1. The van der Waals surface area contributed by atoms with Crippen molar-refractivity contribution in [2.24, 2.45) is 0 Å². The highest BCUT2D eigenvalue weighted by Gasteiger charge is 2.25. The van der Waals surface area contributed by atoms with Crippen molar-refractivity contribution in [2.45, 2.75) is 13.0 Å². The fourth-order valence-corrected chi connectivity index (χ4v) is 2.31. The minimum atomic E-state index is -0.598. The molecule has 1 fully saturated rings. The van der Waals surface area contributed by atoms with Gasteiger partial charge in [0.05, 0.1) is 19.8 Å². The Labute approximate surface area is 117 Å². The number of methoxy groups -OCH3 is 2. The standard InChI is InChI=1S/C14H19FN2O3/c1-9-8-17(5-4-16-9)14(18)10-6-12(19-2)13(20-3)7-11(10)15/h6-7,9,16H,4-5,8H2,1-3H3. The van der Waals surface area contributed by atoms with Crippen LogP contribution in [0.1, 0.15) is 17.3 Å². The molecule has 1 aromatic rings. The van der Waals surface area contributed by atoms with Crippen LogP contribution in [0.5, 0.6) is 11.5 Å². The second kappa shape index (κ2) is 6.09. The van der Waals surface area contributed by atoms with E-state index in [2.05, 4.69) is 5.32 Å². The molecule has 0 aromatic heterocycles. The third-order valence-corrected chi connectivity index (χ3v) is 3.36. The van der Waals surface area contributed by atoms with Crippen LogP contribution in [0.2, 0.25) is 0 Å². The van der Waals surface area contributed by atoms with Crippen molar-refractivity contribution in [1.29, 1.82) is 0 Å². The number of halogens is 1. The number of piperazine rings is 1. The minimum absolute atomic E-state index is 0.0109. The SMILES string of the molecule is COc1cc(F)c(C(=O)N2CCNC(C)C2)cc1OC. The predicted molar refractivity (Wildman–Crippen MR) is 72.9 cm³/mol. The highest BCUT2D eigenvalue weighted by atomic mass is 19.1. The molecule has 6 heteroatoms. The number of hydrogen-bond donors (Lipinski definition) is 1. The number of benzene rings is 1. The monoisotopic (exact) mass is 282 g/mol. The molecule has 1 atom stereocenters. The fraction of sp³-hybridized carbons (Fsp3) is 0.500. The van der Waals surface area contributed by atoms with Crippen LogP contribution in [0.25, 0.3) is 0 Å². The minimum Gasteiger partial charge on any atom is -0.493 e. The van der Waals surface area contributed by atoms with Gasteiger partial charge in [0.2, 0.25) is 0 Å². The average molecular weight is 282 g/mol. The Balaban J connectivity index is 2.29. The highest BCUT2D eigenvalue weighted by molar-refractivity contribution is 5.95. The second-order valence-corrected chi connectivity index (χ2v) is 4.79. The van der Waals surface area contributed by atoms with Crippen molar-refractivity contribution in [3.63, 3.8) is 0 Å². The number of hydrogen-bond acceptors (Lipinski definition) is 4. The number of amides is 1. The van der Waals surface area contributed by atoms with Crippen LogP contribution in [0.15, 0.2) is 12.1 Å². The lowest BCUT2D eigenvalue weighted by molar-refractivity contribution is 0.0704. The summed E-state index contributed by atoms with van der Waals surface area (Å²) in [5, 5.41) is 3.24. The molecule has 2 rings (SSSR count). The first-order valence-corrected chi connectivity index (χ1v) is 6.51. The Kier molecular flexibility index (Phi) is 4.44. The molecule has 20 heavy (non-hydrogen) atoms. The summed E-state index contributed by atoms with van der Waals surface area (Å²) in [5.74, 6) is -0.300. The van der Waals surface area contributed by atoms with Crippen molar-refractivity contribution in [2.75, 3.05) is 33.9 Å². The molecule has 0 spiro atoms. The molecule has 5 nitrogen and oxygen atoms in total. The molecule has 1 amide bonds. The number of nitrogens with zero attached hydrogens (tertiary/aromatic N) is 1. The smallest absolute Gasteiger partial charge is 0.257 e. The number of carbonyl (C=O) groups excluding carboxylic acids is 1. The van der Waals surface area contributed by atoms with Crippen molar-refractivity contribution in [1.82, 2.24) is 10.2 Å². The second-order valence-electron chi connectivity index (χ2n) is 4.79. The van der Waals surface area contributed by atoms with Crippen LogP contribution in [-0.2, 0) is 0 Å². The lowest BCUT2D eigenvalue weighted by Crippen LogP contribution is -2.51. The van der Waals surface area contributed by atoms with E-state index in [1.165, 1.54) is 26.4 Å². The van der Waals surface area contributed by atoms with Crippen LogP contribution in [0.4, 0.5) is 4.39 Å². The zero-order chi connectivity index (χ0) is 14.7. The van der Waals surface area contributed by atoms with Crippen LogP contribution < -0.4 is 14.8 Å². The van der Waals surface area contributed by atoms with E-state index in [9.17, 15) is 9.18 Å². The lowest BCUT2D eigenvalue weighted by Gasteiger charge is -2.32. The van der Waals surface area contributed by atoms with E-state index in [4.69, 9.17) is 9.47 Å². The fourth-order valence-electron chi connectivity index (χ4n) is 2.31. The van der Waals surface area contributed by atoms with Crippen LogP contribution >= 0.6 is 0 Å². The van der Waals surface area contributed by atoms with Gasteiger partial charge in [-0.3, -0.25) is 4.79 Å². The molecular formula is C14H19FN2O3. The van der Waals surface area contributed by atoms with Gasteiger partial charge in [0, 0.05) is 31.7 Å². The normalized spacial score (nSPS) is 18.8. The molecule has 1 aliphatic heterocycles. The zero-order valence-corrected chi connectivity index (χ0v) is 11.9. The van der Waals surface area contributed by atoms with Crippen LogP contribution in [0, 0.1) is 5.82 Å². The van der Waals surface area contributed by atoms with E-state index in [0.717, 1.165) is 0 Å². The van der Waals surface area contributed by atoms with Gasteiger partial charge < -0.3 is 19.7 Å². The van der Waals surface area contributed by atoms with E-state index in [1.807, 2.05) is 6.92 Å². The Hall–Kier alpha value is -1.82. The molecule has 0 saturated carbocycles. The Morgan fingerprint density at radius 3 is 2.60 bits per heavy atom. The molecule has 1 heterocycles. The molecule has 1 aromatic carbocycles. The summed E-state index contributed by atoms with van der Waals surface area (Å²) < 4.78 is 24.2. The molecule has 0 aliphatic carbocycles. The number of carbonyl (C=O) groups is 1. The van der Waals surface area contributed by atoms with Gasteiger partial charge in [-0.2, -0.15) is 0 Å². The van der Waals surface area contributed by atoms with E-state index in [0.29, 0.717) is 25.4 Å². The van der Waals surface area contributed by atoms with Gasteiger partial charge in [-0.25, -0.2) is 4.39 Å². The van der Waals surface area contributed by atoms with Crippen molar-refractivity contribution >= 4 is 5.91 Å². The summed E-state index contributed by atoms with van der Waals surface area (Å²) in [6.07, 6.45) is 0.